The van der Waals surface area contributed by atoms with Crippen LogP contribution in [-0.4, -0.2) is 40.3 Å². The molecule has 1 aliphatic carbocycles. The highest BCUT2D eigenvalue weighted by Crippen LogP contribution is 2.40. The van der Waals surface area contributed by atoms with Crippen LogP contribution >= 0.6 is 11.3 Å². The molecule has 1 aliphatic rings. The lowest BCUT2D eigenvalue weighted by molar-refractivity contribution is -0.123. The third kappa shape index (κ3) is 4.40. The molecule has 3 rings (SSSR count). The summed E-state index contributed by atoms with van der Waals surface area (Å²) in [5.74, 6) is -1.02. The fourth-order valence-electron chi connectivity index (χ4n) is 3.45. The van der Waals surface area contributed by atoms with Gasteiger partial charge in [-0.3, -0.25) is 9.48 Å². The lowest BCUT2D eigenvalue weighted by atomic mass is 9.88. The number of hydrogen-bond acceptors (Lipinski definition) is 7. The van der Waals surface area contributed by atoms with Crippen molar-refractivity contribution in [2.75, 3.05) is 11.9 Å². The van der Waals surface area contributed by atoms with Crippen LogP contribution in [-0.2, 0) is 34.2 Å². The van der Waals surface area contributed by atoms with Gasteiger partial charge in [0.1, 0.15) is 10.6 Å². The van der Waals surface area contributed by atoms with Crippen LogP contribution in [0.4, 0.5) is 5.00 Å². The number of fused-ring (bicyclic) bond motifs is 1. The number of ether oxygens (including phenoxy) is 2. The van der Waals surface area contributed by atoms with Crippen LogP contribution in [0.1, 0.15) is 64.0 Å². The molecule has 2 atom stereocenters. The molecule has 2 heterocycles. The number of thiophene rings is 1. The third-order valence-electron chi connectivity index (χ3n) is 5.34. The number of carbonyl (C=O) groups excluding carboxylic acids is 3. The number of aryl methyl sites for hydroxylation is 1. The van der Waals surface area contributed by atoms with E-state index in [1.807, 2.05) is 0 Å². The monoisotopic (exact) mass is 433 g/mol. The van der Waals surface area contributed by atoms with E-state index in [0.29, 0.717) is 27.7 Å². The number of anilines is 1. The van der Waals surface area contributed by atoms with Crippen molar-refractivity contribution in [3.8, 4) is 0 Å². The molecule has 0 saturated carbocycles. The number of nitrogens with zero attached hydrogens (tertiary/aromatic N) is 2. The van der Waals surface area contributed by atoms with E-state index in [2.05, 4.69) is 17.3 Å². The standard InChI is InChI=1S/C21H27N3O5S/c1-6-28-21(27)17-14-8-7-11(2)9-16(14)30-19(17)23-18(25)13(4)29-20(26)15-10-22-24(5)12(15)3/h10-11,13H,6-9H2,1-5H3,(H,23,25). The van der Waals surface area contributed by atoms with E-state index in [9.17, 15) is 14.4 Å². The molecule has 0 spiro atoms. The van der Waals surface area contributed by atoms with E-state index >= 15 is 0 Å². The van der Waals surface area contributed by atoms with Gasteiger partial charge in [0.2, 0.25) is 0 Å². The quantitative estimate of drug-likeness (QED) is 0.702. The van der Waals surface area contributed by atoms with Gasteiger partial charge >= 0.3 is 11.9 Å². The lowest BCUT2D eigenvalue weighted by Crippen LogP contribution is -2.30. The third-order valence-corrected chi connectivity index (χ3v) is 6.51. The van der Waals surface area contributed by atoms with Crippen LogP contribution in [0, 0.1) is 12.8 Å². The minimum Gasteiger partial charge on any atom is -0.462 e. The predicted molar refractivity (Wildman–Crippen MR) is 113 cm³/mol. The molecule has 0 aromatic carbocycles. The number of aromatic nitrogens is 2. The van der Waals surface area contributed by atoms with Crippen LogP contribution in [0.3, 0.4) is 0 Å². The van der Waals surface area contributed by atoms with E-state index in [-0.39, 0.29) is 6.61 Å². The minimum absolute atomic E-state index is 0.256. The molecule has 0 bridgehead atoms. The zero-order valence-corrected chi connectivity index (χ0v) is 18.7. The summed E-state index contributed by atoms with van der Waals surface area (Å²) >= 11 is 1.40. The molecule has 162 valence electrons. The minimum atomic E-state index is -1.04. The number of carbonyl (C=O) groups is 3. The molecule has 1 N–H and O–H groups in total. The van der Waals surface area contributed by atoms with Crippen molar-refractivity contribution in [3.63, 3.8) is 0 Å². The van der Waals surface area contributed by atoms with Crippen LogP contribution in [0.5, 0.6) is 0 Å². The van der Waals surface area contributed by atoms with Crippen molar-refractivity contribution >= 4 is 34.2 Å². The first-order chi connectivity index (χ1) is 14.2. The summed E-state index contributed by atoms with van der Waals surface area (Å²) in [7, 11) is 1.72. The van der Waals surface area contributed by atoms with E-state index in [1.165, 1.54) is 24.5 Å². The fraction of sp³-hybridized carbons (Fsp3) is 0.524. The van der Waals surface area contributed by atoms with Crippen molar-refractivity contribution in [1.82, 2.24) is 9.78 Å². The summed E-state index contributed by atoms with van der Waals surface area (Å²) in [6, 6.07) is 0. The summed E-state index contributed by atoms with van der Waals surface area (Å²) in [5, 5.41) is 7.25. The van der Waals surface area contributed by atoms with E-state index < -0.39 is 23.9 Å². The van der Waals surface area contributed by atoms with Gasteiger partial charge in [-0.15, -0.1) is 11.3 Å². The molecule has 30 heavy (non-hydrogen) atoms. The Morgan fingerprint density at radius 2 is 2.10 bits per heavy atom. The van der Waals surface area contributed by atoms with Crippen molar-refractivity contribution in [2.45, 2.75) is 53.1 Å². The molecule has 2 unspecified atom stereocenters. The number of esters is 2. The van der Waals surface area contributed by atoms with Gasteiger partial charge in [-0.1, -0.05) is 6.92 Å². The maximum atomic E-state index is 12.7. The Morgan fingerprint density at radius 1 is 1.37 bits per heavy atom. The fourth-order valence-corrected chi connectivity index (χ4v) is 4.85. The van der Waals surface area contributed by atoms with E-state index in [0.717, 1.165) is 29.7 Å². The van der Waals surface area contributed by atoms with Crippen molar-refractivity contribution < 1.29 is 23.9 Å². The van der Waals surface area contributed by atoms with Gasteiger partial charge < -0.3 is 14.8 Å². The Kier molecular flexibility index (Phi) is 6.60. The number of rotatable bonds is 6. The largest absolute Gasteiger partial charge is 0.462 e. The molecule has 0 fully saturated rings. The molecular formula is C21H27N3O5S. The van der Waals surface area contributed by atoms with Gasteiger partial charge in [0.05, 0.1) is 18.4 Å². The second-order valence-corrected chi connectivity index (χ2v) is 8.69. The molecule has 0 saturated heterocycles. The number of amides is 1. The lowest BCUT2D eigenvalue weighted by Gasteiger charge is -2.18. The van der Waals surface area contributed by atoms with Crippen LogP contribution in [0.15, 0.2) is 6.20 Å². The van der Waals surface area contributed by atoms with Crippen molar-refractivity contribution in [1.29, 1.82) is 0 Å². The molecular weight excluding hydrogens is 406 g/mol. The Hall–Kier alpha value is -2.68. The normalized spacial score (nSPS) is 16.5. The molecule has 8 nitrogen and oxygen atoms in total. The van der Waals surface area contributed by atoms with Gasteiger partial charge in [-0.2, -0.15) is 5.10 Å². The van der Waals surface area contributed by atoms with Gasteiger partial charge in [0.15, 0.2) is 6.10 Å². The Morgan fingerprint density at radius 3 is 2.73 bits per heavy atom. The first kappa shape index (κ1) is 22.0. The zero-order chi connectivity index (χ0) is 22.0. The van der Waals surface area contributed by atoms with E-state index in [1.54, 1.807) is 25.6 Å². The predicted octanol–water partition coefficient (Wildman–Crippen LogP) is 3.28. The number of hydrogen-bond donors (Lipinski definition) is 1. The summed E-state index contributed by atoms with van der Waals surface area (Å²) in [6.07, 6.45) is 3.01. The van der Waals surface area contributed by atoms with Crippen LogP contribution in [0.25, 0.3) is 0 Å². The molecule has 2 aromatic rings. The van der Waals surface area contributed by atoms with E-state index in [4.69, 9.17) is 9.47 Å². The molecule has 0 aliphatic heterocycles. The Balaban J connectivity index is 1.77. The maximum Gasteiger partial charge on any atom is 0.342 e. The van der Waals surface area contributed by atoms with Gasteiger partial charge in [0.25, 0.3) is 5.91 Å². The zero-order valence-electron chi connectivity index (χ0n) is 17.9. The highest BCUT2D eigenvalue weighted by atomic mass is 32.1. The number of nitrogens with one attached hydrogen (secondary N) is 1. The second kappa shape index (κ2) is 8.99. The van der Waals surface area contributed by atoms with Gasteiger partial charge in [0, 0.05) is 17.6 Å². The maximum absolute atomic E-state index is 12.7. The van der Waals surface area contributed by atoms with Gasteiger partial charge in [-0.25, -0.2) is 9.59 Å². The first-order valence-electron chi connectivity index (χ1n) is 10.0. The Bertz CT molecular complexity index is 978. The first-order valence-corrected chi connectivity index (χ1v) is 10.9. The Labute approximate surface area is 179 Å². The highest BCUT2D eigenvalue weighted by molar-refractivity contribution is 7.17. The molecule has 2 aromatic heterocycles. The average molecular weight is 434 g/mol. The summed E-state index contributed by atoms with van der Waals surface area (Å²) in [6.45, 7) is 7.42. The molecule has 0 radical (unpaired) electrons. The van der Waals surface area contributed by atoms with Crippen LogP contribution in [0.2, 0.25) is 0 Å². The van der Waals surface area contributed by atoms with Crippen molar-refractivity contribution in [2.24, 2.45) is 13.0 Å². The average Bonchev–Trinajstić information content (AvgIpc) is 3.21. The molecule has 9 heteroatoms. The summed E-state index contributed by atoms with van der Waals surface area (Å²) in [4.78, 5) is 38.8. The second-order valence-electron chi connectivity index (χ2n) is 7.58. The van der Waals surface area contributed by atoms with Crippen LogP contribution < -0.4 is 5.32 Å². The summed E-state index contributed by atoms with van der Waals surface area (Å²) < 4.78 is 12.1. The highest BCUT2D eigenvalue weighted by Gasteiger charge is 2.30. The van der Waals surface area contributed by atoms with Gasteiger partial charge in [-0.05, 0) is 51.5 Å². The summed E-state index contributed by atoms with van der Waals surface area (Å²) in [5.41, 5.74) is 2.35. The topological polar surface area (TPSA) is 99.5 Å². The van der Waals surface area contributed by atoms with Crippen molar-refractivity contribution in [3.05, 3.63) is 33.5 Å². The smallest absolute Gasteiger partial charge is 0.342 e. The molecule has 1 amide bonds. The SMILES string of the molecule is CCOC(=O)c1c(NC(=O)C(C)OC(=O)c2cnn(C)c2C)sc2c1CCC(C)C2.